The van der Waals surface area contributed by atoms with Crippen molar-refractivity contribution >= 4 is 21.8 Å². The Labute approximate surface area is 216 Å². The van der Waals surface area contributed by atoms with Gasteiger partial charge in [-0.05, 0) is 77.6 Å². The number of benzene rings is 5. The molecule has 0 N–H and O–H groups in total. The average Bonchev–Trinajstić information content (AvgIpc) is 3.27. The number of nitriles is 2. The van der Waals surface area contributed by atoms with E-state index >= 15 is 0 Å². The molecule has 0 bridgehead atoms. The van der Waals surface area contributed by atoms with Crippen molar-refractivity contribution in [1.82, 2.24) is 4.57 Å². The Hall–Kier alpha value is -5.12. The number of hydrogen-bond donors (Lipinski definition) is 0. The Bertz CT molecular complexity index is 1800. The van der Waals surface area contributed by atoms with Crippen molar-refractivity contribution in [2.45, 2.75) is 13.8 Å². The van der Waals surface area contributed by atoms with E-state index < -0.39 is 0 Å². The first-order chi connectivity index (χ1) is 18.1. The van der Waals surface area contributed by atoms with E-state index in [1.807, 2.05) is 32.0 Å². The van der Waals surface area contributed by atoms with Crippen LogP contribution in [0.2, 0.25) is 0 Å². The molecule has 0 atom stereocenters. The zero-order valence-corrected chi connectivity index (χ0v) is 20.7. The highest BCUT2D eigenvalue weighted by Gasteiger charge is 2.20. The molecule has 0 amide bonds. The van der Waals surface area contributed by atoms with Crippen LogP contribution in [0.1, 0.15) is 22.3 Å². The lowest BCUT2D eigenvalue weighted by molar-refractivity contribution is 1.12. The topological polar surface area (TPSA) is 52.5 Å². The normalized spacial score (nSPS) is 10.9. The van der Waals surface area contributed by atoms with Gasteiger partial charge in [-0.3, -0.25) is 0 Å². The van der Waals surface area contributed by atoms with E-state index in [4.69, 9.17) is 0 Å². The van der Waals surface area contributed by atoms with Gasteiger partial charge in [-0.25, -0.2) is 0 Å². The zero-order valence-electron chi connectivity index (χ0n) is 20.7. The van der Waals surface area contributed by atoms with Crippen LogP contribution in [0.15, 0.2) is 103 Å². The maximum atomic E-state index is 10.2. The van der Waals surface area contributed by atoms with Gasteiger partial charge in [0.15, 0.2) is 0 Å². The highest BCUT2D eigenvalue weighted by Crippen LogP contribution is 2.39. The Morgan fingerprint density at radius 1 is 0.568 bits per heavy atom. The monoisotopic (exact) mass is 473 g/mol. The summed E-state index contributed by atoms with van der Waals surface area (Å²) in [7, 11) is 0. The number of rotatable bonds is 3. The predicted molar refractivity (Wildman–Crippen MR) is 151 cm³/mol. The van der Waals surface area contributed by atoms with Gasteiger partial charge in [0.25, 0.3) is 0 Å². The molecule has 3 nitrogen and oxygen atoms in total. The first-order valence-corrected chi connectivity index (χ1v) is 12.2. The second-order valence-corrected chi connectivity index (χ2v) is 9.34. The second-order valence-electron chi connectivity index (χ2n) is 9.34. The van der Waals surface area contributed by atoms with Gasteiger partial charge < -0.3 is 4.57 Å². The number of aromatic nitrogens is 1. The summed E-state index contributed by atoms with van der Waals surface area (Å²) in [6, 6.07) is 40.4. The van der Waals surface area contributed by atoms with Gasteiger partial charge in [-0.15, -0.1) is 0 Å². The highest BCUT2D eigenvalue weighted by atomic mass is 15.0. The molecule has 3 heteroatoms. The summed E-state index contributed by atoms with van der Waals surface area (Å²) in [4.78, 5) is 0. The lowest BCUT2D eigenvalue weighted by atomic mass is 9.97. The van der Waals surface area contributed by atoms with E-state index in [0.29, 0.717) is 16.7 Å². The van der Waals surface area contributed by atoms with Crippen LogP contribution in [0, 0.1) is 36.5 Å². The molecule has 0 fully saturated rings. The van der Waals surface area contributed by atoms with Gasteiger partial charge in [0, 0.05) is 10.8 Å². The largest absolute Gasteiger partial charge is 0.308 e. The van der Waals surface area contributed by atoms with Crippen LogP contribution >= 0.6 is 0 Å². The van der Waals surface area contributed by atoms with E-state index in [0.717, 1.165) is 55.3 Å². The minimum atomic E-state index is 0.537. The molecule has 0 saturated carbocycles. The van der Waals surface area contributed by atoms with E-state index in [2.05, 4.69) is 102 Å². The van der Waals surface area contributed by atoms with Crippen LogP contribution < -0.4 is 0 Å². The fraction of sp³-hybridized carbons (Fsp3) is 0.0588. The molecule has 0 aliphatic heterocycles. The molecule has 1 aromatic heterocycles. The molecule has 0 aliphatic rings. The van der Waals surface area contributed by atoms with Gasteiger partial charge in [0.2, 0.25) is 0 Å². The molecule has 0 saturated heterocycles. The van der Waals surface area contributed by atoms with Crippen molar-refractivity contribution in [3.8, 4) is 40.1 Å². The van der Waals surface area contributed by atoms with Crippen molar-refractivity contribution in [2.75, 3.05) is 0 Å². The van der Waals surface area contributed by atoms with Gasteiger partial charge in [0.05, 0.1) is 33.9 Å². The average molecular weight is 474 g/mol. The van der Waals surface area contributed by atoms with Crippen molar-refractivity contribution < 1.29 is 0 Å². The van der Waals surface area contributed by atoms with Crippen LogP contribution in [0.25, 0.3) is 49.7 Å². The third kappa shape index (κ3) is 3.57. The Balaban J connectivity index is 1.73. The van der Waals surface area contributed by atoms with E-state index in [1.54, 1.807) is 0 Å². The Morgan fingerprint density at radius 2 is 1.08 bits per heavy atom. The summed E-state index contributed by atoms with van der Waals surface area (Å²) in [6.07, 6.45) is 0. The van der Waals surface area contributed by atoms with Crippen molar-refractivity contribution in [2.24, 2.45) is 0 Å². The number of nitrogens with zero attached hydrogens (tertiary/aromatic N) is 3. The maximum Gasteiger partial charge on any atom is 0.102 e. The van der Waals surface area contributed by atoms with Crippen LogP contribution in [0.3, 0.4) is 0 Å². The van der Waals surface area contributed by atoms with Gasteiger partial charge in [-0.2, -0.15) is 10.5 Å². The summed E-state index contributed by atoms with van der Waals surface area (Å²) in [5, 5.41) is 22.1. The first-order valence-electron chi connectivity index (χ1n) is 12.2. The van der Waals surface area contributed by atoms with Crippen LogP contribution in [-0.4, -0.2) is 4.57 Å². The van der Waals surface area contributed by atoms with Crippen LogP contribution in [-0.2, 0) is 0 Å². The fourth-order valence-corrected chi connectivity index (χ4v) is 5.33. The molecule has 0 radical (unpaired) electrons. The molecule has 174 valence electrons. The molecule has 0 unspecified atom stereocenters. The number of fused-ring (bicyclic) bond motifs is 3. The van der Waals surface area contributed by atoms with Crippen LogP contribution in [0.4, 0.5) is 0 Å². The molecule has 6 rings (SSSR count). The molecule has 5 aromatic carbocycles. The van der Waals surface area contributed by atoms with Gasteiger partial charge in [-0.1, -0.05) is 72.8 Å². The summed E-state index contributed by atoms with van der Waals surface area (Å²) in [5.74, 6) is 0. The molecular formula is C34H23N3. The Morgan fingerprint density at radius 3 is 1.54 bits per heavy atom. The predicted octanol–water partition coefficient (Wildman–Crippen LogP) is 8.48. The lowest BCUT2D eigenvalue weighted by Gasteiger charge is -2.16. The minimum absolute atomic E-state index is 0.537. The molecule has 0 aliphatic carbocycles. The van der Waals surface area contributed by atoms with E-state index in [1.165, 1.54) is 0 Å². The minimum Gasteiger partial charge on any atom is -0.308 e. The number of aryl methyl sites for hydroxylation is 1. The van der Waals surface area contributed by atoms with E-state index in [9.17, 15) is 10.5 Å². The summed E-state index contributed by atoms with van der Waals surface area (Å²) in [5.41, 5.74) is 10.2. The van der Waals surface area contributed by atoms with Crippen molar-refractivity contribution in [3.63, 3.8) is 0 Å². The SMILES string of the molecule is Cc1cc(C#N)c(C)c(C#N)c1-n1c2ccc(-c3ccccc3)cc2c2cc(-c3ccccc3)ccc21. The quantitative estimate of drug-likeness (QED) is 0.259. The van der Waals surface area contributed by atoms with Crippen molar-refractivity contribution in [3.05, 3.63) is 125 Å². The standard InChI is InChI=1S/C34H23N3/c1-22-17-28(20-35)23(2)31(21-36)34(22)37-32-15-13-26(24-9-5-3-6-10-24)18-29(32)30-19-27(14-16-33(30)37)25-11-7-4-8-12-25/h3-19H,1-2H3. The third-order valence-electron chi connectivity index (χ3n) is 7.19. The second kappa shape index (κ2) is 8.83. The summed E-state index contributed by atoms with van der Waals surface area (Å²) in [6.45, 7) is 3.83. The first kappa shape index (κ1) is 22.4. The van der Waals surface area contributed by atoms with Gasteiger partial charge in [0.1, 0.15) is 6.07 Å². The van der Waals surface area contributed by atoms with Crippen LogP contribution in [0.5, 0.6) is 0 Å². The zero-order chi connectivity index (χ0) is 25.5. The molecule has 6 aromatic rings. The lowest BCUT2D eigenvalue weighted by Crippen LogP contribution is -2.04. The molecular weight excluding hydrogens is 450 g/mol. The summed E-state index contributed by atoms with van der Waals surface area (Å²) < 4.78 is 2.19. The Kier molecular flexibility index (Phi) is 5.33. The smallest absolute Gasteiger partial charge is 0.102 e. The van der Waals surface area contributed by atoms with Gasteiger partial charge >= 0.3 is 0 Å². The number of hydrogen-bond acceptors (Lipinski definition) is 2. The van der Waals surface area contributed by atoms with Crippen molar-refractivity contribution in [1.29, 1.82) is 10.5 Å². The van der Waals surface area contributed by atoms with E-state index in [-0.39, 0.29) is 0 Å². The molecule has 1 heterocycles. The molecule has 37 heavy (non-hydrogen) atoms. The molecule has 0 spiro atoms. The fourth-order valence-electron chi connectivity index (χ4n) is 5.33. The highest BCUT2D eigenvalue weighted by molar-refractivity contribution is 6.12. The maximum absolute atomic E-state index is 10.2. The summed E-state index contributed by atoms with van der Waals surface area (Å²) >= 11 is 0. The third-order valence-corrected chi connectivity index (χ3v) is 7.19.